The first kappa shape index (κ1) is 10.4. The Morgan fingerprint density at radius 2 is 2.18 bits per heavy atom. The molecule has 0 aromatic carbocycles. The molecular weight excluding hydrogens is 166 g/mol. The lowest BCUT2D eigenvalue weighted by molar-refractivity contribution is -0.137. The van der Waals surface area contributed by atoms with E-state index in [0.29, 0.717) is 5.75 Å². The molecule has 0 amide bonds. The molecule has 64 valence electrons. The van der Waals surface area contributed by atoms with Gasteiger partial charge in [0.15, 0.2) is 0 Å². The SMILES string of the molecule is CC(=O)CSCC(N)C(=O)O. The van der Waals surface area contributed by atoms with Crippen LogP contribution < -0.4 is 5.73 Å². The summed E-state index contributed by atoms with van der Waals surface area (Å²) in [5, 5.41) is 8.32. The van der Waals surface area contributed by atoms with E-state index in [-0.39, 0.29) is 11.5 Å². The van der Waals surface area contributed by atoms with Gasteiger partial charge in [-0.2, -0.15) is 11.8 Å². The molecule has 0 radical (unpaired) electrons. The van der Waals surface area contributed by atoms with Gasteiger partial charge in [0.1, 0.15) is 11.8 Å². The van der Waals surface area contributed by atoms with Crippen LogP contribution in [0.4, 0.5) is 0 Å². The molecule has 0 saturated carbocycles. The highest BCUT2D eigenvalue weighted by atomic mass is 32.2. The molecule has 0 bridgehead atoms. The Hall–Kier alpha value is -0.550. The summed E-state index contributed by atoms with van der Waals surface area (Å²) in [6.07, 6.45) is 0. The quantitative estimate of drug-likeness (QED) is 0.603. The first-order chi connectivity index (χ1) is 5.04. The Bertz CT molecular complexity index is 160. The fourth-order valence-corrected chi connectivity index (χ4v) is 1.20. The molecule has 0 saturated heterocycles. The van der Waals surface area contributed by atoms with Gasteiger partial charge < -0.3 is 10.8 Å². The number of thioether (sulfide) groups is 1. The van der Waals surface area contributed by atoms with Crippen molar-refractivity contribution in [1.82, 2.24) is 0 Å². The maximum absolute atomic E-state index is 10.4. The van der Waals surface area contributed by atoms with Crippen molar-refractivity contribution in [2.75, 3.05) is 11.5 Å². The standard InChI is InChI=1S/C6H11NO3S/c1-4(8)2-11-3-5(7)6(9)10/h5H,2-3,7H2,1H3,(H,9,10). The summed E-state index contributed by atoms with van der Waals surface area (Å²) in [4.78, 5) is 20.5. The van der Waals surface area contributed by atoms with Gasteiger partial charge in [0.2, 0.25) is 0 Å². The zero-order chi connectivity index (χ0) is 8.85. The molecule has 0 aromatic rings. The average molecular weight is 177 g/mol. The van der Waals surface area contributed by atoms with Crippen molar-refractivity contribution >= 4 is 23.5 Å². The number of carbonyl (C=O) groups excluding carboxylic acids is 1. The van der Waals surface area contributed by atoms with Gasteiger partial charge in [-0.05, 0) is 6.92 Å². The monoisotopic (exact) mass is 177 g/mol. The summed E-state index contributed by atoms with van der Waals surface area (Å²) >= 11 is 1.24. The third-order valence-corrected chi connectivity index (χ3v) is 2.13. The third kappa shape index (κ3) is 5.87. The topological polar surface area (TPSA) is 80.4 Å². The lowest BCUT2D eigenvalue weighted by Crippen LogP contribution is -2.32. The number of ketones is 1. The maximum Gasteiger partial charge on any atom is 0.321 e. The zero-order valence-corrected chi connectivity index (χ0v) is 7.06. The number of hydrogen-bond acceptors (Lipinski definition) is 4. The van der Waals surface area contributed by atoms with Crippen LogP contribution in [0.3, 0.4) is 0 Å². The van der Waals surface area contributed by atoms with Crippen LogP contribution in [0.15, 0.2) is 0 Å². The van der Waals surface area contributed by atoms with Gasteiger partial charge in [0, 0.05) is 5.75 Å². The zero-order valence-electron chi connectivity index (χ0n) is 6.24. The molecule has 0 fully saturated rings. The minimum absolute atomic E-state index is 0.0348. The normalized spacial score (nSPS) is 12.5. The highest BCUT2D eigenvalue weighted by Gasteiger charge is 2.10. The minimum atomic E-state index is -1.03. The Balaban J connectivity index is 3.39. The lowest BCUT2D eigenvalue weighted by atomic mass is 10.4. The summed E-state index contributed by atoms with van der Waals surface area (Å²) in [6.45, 7) is 1.46. The highest BCUT2D eigenvalue weighted by Crippen LogP contribution is 2.01. The fourth-order valence-electron chi connectivity index (χ4n) is 0.401. The van der Waals surface area contributed by atoms with E-state index in [1.165, 1.54) is 18.7 Å². The number of carboxylic acids is 1. The maximum atomic E-state index is 10.4. The molecule has 3 N–H and O–H groups in total. The molecular formula is C6H11NO3S. The van der Waals surface area contributed by atoms with E-state index in [9.17, 15) is 9.59 Å². The summed E-state index contributed by atoms with van der Waals surface area (Å²) < 4.78 is 0. The van der Waals surface area contributed by atoms with Gasteiger partial charge in [-0.15, -0.1) is 0 Å². The van der Waals surface area contributed by atoms with Crippen LogP contribution in [0.1, 0.15) is 6.92 Å². The first-order valence-electron chi connectivity index (χ1n) is 3.09. The number of Topliss-reactive ketones (excluding diaryl/α,β-unsaturated/α-hetero) is 1. The van der Waals surface area contributed by atoms with E-state index in [1.807, 2.05) is 0 Å². The van der Waals surface area contributed by atoms with Crippen molar-refractivity contribution in [1.29, 1.82) is 0 Å². The lowest BCUT2D eigenvalue weighted by Gasteiger charge is -2.03. The van der Waals surface area contributed by atoms with E-state index in [1.54, 1.807) is 0 Å². The van der Waals surface area contributed by atoms with Gasteiger partial charge in [0.25, 0.3) is 0 Å². The molecule has 1 atom stereocenters. The molecule has 5 heteroatoms. The van der Waals surface area contributed by atoms with Crippen LogP contribution in [0.25, 0.3) is 0 Å². The molecule has 0 spiro atoms. The van der Waals surface area contributed by atoms with Crippen LogP contribution in [-0.4, -0.2) is 34.4 Å². The van der Waals surface area contributed by atoms with Gasteiger partial charge in [-0.3, -0.25) is 9.59 Å². The van der Waals surface area contributed by atoms with Crippen LogP contribution in [0.5, 0.6) is 0 Å². The minimum Gasteiger partial charge on any atom is -0.480 e. The Kier molecular flexibility index (Phi) is 4.89. The van der Waals surface area contributed by atoms with Crippen molar-refractivity contribution in [3.8, 4) is 0 Å². The van der Waals surface area contributed by atoms with Gasteiger partial charge in [-0.25, -0.2) is 0 Å². The molecule has 11 heavy (non-hydrogen) atoms. The average Bonchev–Trinajstić information content (AvgIpc) is 1.86. The molecule has 0 aliphatic heterocycles. The Morgan fingerprint density at radius 3 is 2.55 bits per heavy atom. The second kappa shape index (κ2) is 5.15. The van der Waals surface area contributed by atoms with Gasteiger partial charge in [-0.1, -0.05) is 0 Å². The number of nitrogens with two attached hydrogens (primary N) is 1. The summed E-state index contributed by atoms with van der Waals surface area (Å²) in [7, 11) is 0. The van der Waals surface area contributed by atoms with Crippen molar-refractivity contribution in [3.05, 3.63) is 0 Å². The van der Waals surface area contributed by atoms with Crippen molar-refractivity contribution < 1.29 is 14.7 Å². The van der Waals surface area contributed by atoms with E-state index in [0.717, 1.165) is 0 Å². The summed E-state index contributed by atoms with van der Waals surface area (Å²) in [5.41, 5.74) is 5.17. The molecule has 4 nitrogen and oxygen atoms in total. The van der Waals surface area contributed by atoms with Crippen molar-refractivity contribution in [2.45, 2.75) is 13.0 Å². The van der Waals surface area contributed by atoms with Crippen LogP contribution in [-0.2, 0) is 9.59 Å². The van der Waals surface area contributed by atoms with Crippen LogP contribution >= 0.6 is 11.8 Å². The highest BCUT2D eigenvalue weighted by molar-refractivity contribution is 8.00. The largest absolute Gasteiger partial charge is 0.480 e. The molecule has 1 unspecified atom stereocenters. The molecule has 0 aromatic heterocycles. The fraction of sp³-hybridized carbons (Fsp3) is 0.667. The second-order valence-corrected chi connectivity index (χ2v) is 3.19. The predicted octanol–water partition coefficient (Wildman–Crippen LogP) is -0.280. The van der Waals surface area contributed by atoms with Crippen molar-refractivity contribution in [3.63, 3.8) is 0 Å². The molecule has 0 aliphatic carbocycles. The predicted molar refractivity (Wildman–Crippen MR) is 43.6 cm³/mol. The smallest absolute Gasteiger partial charge is 0.321 e. The molecule has 0 heterocycles. The number of hydrogen-bond donors (Lipinski definition) is 2. The van der Waals surface area contributed by atoms with E-state index in [4.69, 9.17) is 10.8 Å². The molecule has 0 rings (SSSR count). The van der Waals surface area contributed by atoms with E-state index >= 15 is 0 Å². The Labute approximate surface area is 69.1 Å². The number of aliphatic carboxylic acids is 1. The number of carbonyl (C=O) groups is 2. The summed E-state index contributed by atoms with van der Waals surface area (Å²) in [6, 6.07) is -0.862. The van der Waals surface area contributed by atoms with Crippen LogP contribution in [0.2, 0.25) is 0 Å². The van der Waals surface area contributed by atoms with Crippen LogP contribution in [0, 0.1) is 0 Å². The van der Waals surface area contributed by atoms with E-state index < -0.39 is 12.0 Å². The second-order valence-electron chi connectivity index (χ2n) is 2.16. The van der Waals surface area contributed by atoms with Gasteiger partial charge >= 0.3 is 5.97 Å². The molecule has 0 aliphatic rings. The van der Waals surface area contributed by atoms with Gasteiger partial charge in [0.05, 0.1) is 5.75 Å². The number of rotatable bonds is 5. The summed E-state index contributed by atoms with van der Waals surface area (Å²) in [5.74, 6) is -0.371. The number of carboxylic acid groups (broad SMARTS) is 1. The van der Waals surface area contributed by atoms with Crippen molar-refractivity contribution in [2.24, 2.45) is 5.73 Å². The van der Waals surface area contributed by atoms with E-state index in [2.05, 4.69) is 0 Å². The Morgan fingerprint density at radius 1 is 1.64 bits per heavy atom. The first-order valence-corrected chi connectivity index (χ1v) is 4.25. The third-order valence-electron chi connectivity index (χ3n) is 0.920.